The molecule has 30 heavy (non-hydrogen) atoms. The van der Waals surface area contributed by atoms with E-state index in [1.54, 1.807) is 16.0 Å². The van der Waals surface area contributed by atoms with Crippen LogP contribution in [0, 0.1) is 5.92 Å². The fraction of sp³-hybridized carbons (Fsp3) is 0.429. The second-order valence-electron chi connectivity index (χ2n) is 7.42. The maximum Gasteiger partial charge on any atom is 0.278 e. The standard InChI is InChI=1S/C21H23BrN4O4/c1-29-19-20(24-8-7-23-19)30-17-6-3-9-25(13-17)21(28)14-10-18(27)26(12-14)16-5-2-4-15(22)11-16/h2,4-5,7-8,11,14,17H,3,6,9-10,12-13H2,1H3. The number of halogens is 1. The molecular formula is C21H23BrN4O4. The van der Waals surface area contributed by atoms with E-state index in [4.69, 9.17) is 9.47 Å². The zero-order valence-corrected chi connectivity index (χ0v) is 18.2. The molecule has 0 radical (unpaired) electrons. The van der Waals surface area contributed by atoms with Crippen LogP contribution in [-0.2, 0) is 9.59 Å². The fourth-order valence-electron chi connectivity index (χ4n) is 3.95. The number of aromatic nitrogens is 2. The summed E-state index contributed by atoms with van der Waals surface area (Å²) >= 11 is 3.43. The lowest BCUT2D eigenvalue weighted by atomic mass is 10.0. The number of rotatable bonds is 5. The average molecular weight is 475 g/mol. The molecule has 2 saturated heterocycles. The van der Waals surface area contributed by atoms with Crippen LogP contribution in [-0.4, -0.2) is 59.5 Å². The Bertz CT molecular complexity index is 941. The van der Waals surface area contributed by atoms with E-state index in [1.165, 1.54) is 13.3 Å². The first kappa shape index (κ1) is 20.6. The molecule has 0 bridgehead atoms. The van der Waals surface area contributed by atoms with Crippen LogP contribution in [0.4, 0.5) is 5.69 Å². The zero-order chi connectivity index (χ0) is 21.1. The van der Waals surface area contributed by atoms with Crippen LogP contribution < -0.4 is 14.4 Å². The lowest BCUT2D eigenvalue weighted by Crippen LogP contribution is -2.47. The quantitative estimate of drug-likeness (QED) is 0.662. The lowest BCUT2D eigenvalue weighted by molar-refractivity contribution is -0.138. The predicted octanol–water partition coefficient (Wildman–Crippen LogP) is 2.67. The summed E-state index contributed by atoms with van der Waals surface area (Å²) in [5.74, 6) is 0.283. The Balaban J connectivity index is 1.40. The van der Waals surface area contributed by atoms with Crippen molar-refractivity contribution < 1.29 is 19.1 Å². The van der Waals surface area contributed by atoms with E-state index in [1.807, 2.05) is 24.3 Å². The number of carbonyl (C=O) groups excluding carboxylic acids is 2. The maximum atomic E-state index is 13.1. The highest BCUT2D eigenvalue weighted by atomic mass is 79.9. The van der Waals surface area contributed by atoms with Crippen LogP contribution in [0.5, 0.6) is 11.8 Å². The first-order chi connectivity index (χ1) is 14.5. The highest BCUT2D eigenvalue weighted by Crippen LogP contribution is 2.30. The average Bonchev–Trinajstić information content (AvgIpc) is 3.15. The smallest absolute Gasteiger partial charge is 0.278 e. The number of hydrogen-bond acceptors (Lipinski definition) is 6. The molecule has 0 saturated carbocycles. The highest BCUT2D eigenvalue weighted by Gasteiger charge is 2.38. The van der Waals surface area contributed by atoms with Gasteiger partial charge < -0.3 is 19.3 Å². The minimum Gasteiger partial charge on any atom is -0.477 e. The van der Waals surface area contributed by atoms with Crippen LogP contribution in [0.1, 0.15) is 19.3 Å². The Kier molecular flexibility index (Phi) is 6.17. The molecule has 2 unspecified atom stereocenters. The molecule has 2 fully saturated rings. The highest BCUT2D eigenvalue weighted by molar-refractivity contribution is 9.10. The van der Waals surface area contributed by atoms with Gasteiger partial charge in [-0.25, -0.2) is 9.97 Å². The molecule has 8 nitrogen and oxygen atoms in total. The minimum atomic E-state index is -0.346. The number of likely N-dealkylation sites (tertiary alicyclic amines) is 1. The van der Waals surface area contributed by atoms with Crippen molar-refractivity contribution in [3.63, 3.8) is 0 Å². The topological polar surface area (TPSA) is 84.9 Å². The summed E-state index contributed by atoms with van der Waals surface area (Å²) in [4.78, 5) is 37.5. The molecule has 0 aliphatic carbocycles. The number of anilines is 1. The van der Waals surface area contributed by atoms with E-state index in [0.29, 0.717) is 31.4 Å². The van der Waals surface area contributed by atoms with Gasteiger partial charge in [-0.2, -0.15) is 0 Å². The summed E-state index contributed by atoms with van der Waals surface area (Å²) in [6.45, 7) is 1.52. The van der Waals surface area contributed by atoms with E-state index < -0.39 is 0 Å². The van der Waals surface area contributed by atoms with E-state index in [-0.39, 0.29) is 30.3 Å². The van der Waals surface area contributed by atoms with Crippen molar-refractivity contribution in [3.8, 4) is 11.8 Å². The molecule has 0 spiro atoms. The molecule has 4 rings (SSSR count). The van der Waals surface area contributed by atoms with Gasteiger partial charge in [0.25, 0.3) is 11.8 Å². The van der Waals surface area contributed by atoms with Gasteiger partial charge in [0.05, 0.1) is 19.6 Å². The summed E-state index contributed by atoms with van der Waals surface area (Å²) in [5, 5.41) is 0. The predicted molar refractivity (Wildman–Crippen MR) is 113 cm³/mol. The molecule has 158 valence electrons. The van der Waals surface area contributed by atoms with Crippen molar-refractivity contribution in [3.05, 3.63) is 41.1 Å². The van der Waals surface area contributed by atoms with Crippen molar-refractivity contribution in [2.24, 2.45) is 5.92 Å². The van der Waals surface area contributed by atoms with Gasteiger partial charge in [0, 0.05) is 42.1 Å². The van der Waals surface area contributed by atoms with Crippen LogP contribution in [0.15, 0.2) is 41.1 Å². The summed E-state index contributed by atoms with van der Waals surface area (Å²) < 4.78 is 12.1. The molecule has 2 aliphatic rings. The summed E-state index contributed by atoms with van der Waals surface area (Å²) in [6.07, 6.45) is 4.77. The van der Waals surface area contributed by atoms with Crippen LogP contribution in [0.2, 0.25) is 0 Å². The fourth-order valence-corrected chi connectivity index (χ4v) is 4.34. The number of methoxy groups -OCH3 is 1. The molecule has 2 amide bonds. The zero-order valence-electron chi connectivity index (χ0n) is 16.7. The van der Waals surface area contributed by atoms with Crippen LogP contribution in [0.25, 0.3) is 0 Å². The van der Waals surface area contributed by atoms with E-state index in [9.17, 15) is 9.59 Å². The Morgan fingerprint density at radius 1 is 1.20 bits per heavy atom. The van der Waals surface area contributed by atoms with Gasteiger partial charge in [-0.1, -0.05) is 22.0 Å². The summed E-state index contributed by atoms with van der Waals surface area (Å²) in [7, 11) is 1.52. The monoisotopic (exact) mass is 474 g/mol. The molecule has 2 aliphatic heterocycles. The van der Waals surface area contributed by atoms with E-state index in [2.05, 4.69) is 25.9 Å². The van der Waals surface area contributed by atoms with Gasteiger partial charge in [-0.15, -0.1) is 0 Å². The molecule has 1 aromatic heterocycles. The third-order valence-electron chi connectivity index (χ3n) is 5.39. The van der Waals surface area contributed by atoms with Gasteiger partial charge in [-0.3, -0.25) is 9.59 Å². The van der Waals surface area contributed by atoms with Gasteiger partial charge in [0.1, 0.15) is 6.10 Å². The van der Waals surface area contributed by atoms with Gasteiger partial charge in [0.2, 0.25) is 11.8 Å². The van der Waals surface area contributed by atoms with Crippen molar-refractivity contribution in [2.75, 3.05) is 31.6 Å². The molecule has 2 atom stereocenters. The Hall–Kier alpha value is -2.68. The third-order valence-corrected chi connectivity index (χ3v) is 5.88. The number of hydrogen-bond donors (Lipinski definition) is 0. The number of amides is 2. The Morgan fingerprint density at radius 3 is 2.77 bits per heavy atom. The first-order valence-electron chi connectivity index (χ1n) is 9.91. The van der Waals surface area contributed by atoms with Crippen molar-refractivity contribution in [1.29, 1.82) is 0 Å². The van der Waals surface area contributed by atoms with Crippen molar-refractivity contribution >= 4 is 33.4 Å². The number of ether oxygens (including phenoxy) is 2. The number of piperidine rings is 1. The molecule has 0 N–H and O–H groups in total. The van der Waals surface area contributed by atoms with Crippen molar-refractivity contribution in [2.45, 2.75) is 25.4 Å². The second-order valence-corrected chi connectivity index (χ2v) is 8.34. The van der Waals surface area contributed by atoms with E-state index >= 15 is 0 Å². The number of benzene rings is 1. The SMILES string of the molecule is COc1nccnc1OC1CCCN(C(=O)C2CC(=O)N(c3cccc(Br)c3)C2)C1. The molecular weight excluding hydrogens is 452 g/mol. The van der Waals surface area contributed by atoms with Gasteiger partial charge >= 0.3 is 0 Å². The minimum absolute atomic E-state index is 0.000239. The Morgan fingerprint density at radius 2 is 2.00 bits per heavy atom. The normalized spacial score (nSPS) is 21.6. The summed E-state index contributed by atoms with van der Waals surface area (Å²) in [5.41, 5.74) is 0.805. The Labute approximate surface area is 183 Å². The van der Waals surface area contributed by atoms with Gasteiger partial charge in [-0.05, 0) is 31.0 Å². The largest absolute Gasteiger partial charge is 0.477 e. The first-order valence-corrected chi connectivity index (χ1v) is 10.7. The van der Waals surface area contributed by atoms with E-state index in [0.717, 1.165) is 23.0 Å². The lowest BCUT2D eigenvalue weighted by Gasteiger charge is -2.34. The maximum absolute atomic E-state index is 13.1. The number of nitrogens with zero attached hydrogens (tertiary/aromatic N) is 4. The van der Waals surface area contributed by atoms with Crippen molar-refractivity contribution in [1.82, 2.24) is 14.9 Å². The molecule has 3 heterocycles. The number of carbonyl (C=O) groups is 2. The van der Waals surface area contributed by atoms with Gasteiger partial charge in [0.15, 0.2) is 0 Å². The second kappa shape index (κ2) is 8.99. The van der Waals surface area contributed by atoms with Crippen LogP contribution >= 0.6 is 15.9 Å². The van der Waals surface area contributed by atoms with Crippen LogP contribution in [0.3, 0.4) is 0 Å². The molecule has 2 aromatic rings. The molecule has 1 aromatic carbocycles. The third kappa shape index (κ3) is 4.40. The summed E-state index contributed by atoms with van der Waals surface area (Å²) in [6, 6.07) is 7.57. The molecule has 9 heteroatoms.